The molecule has 2 aromatic rings. The van der Waals surface area contributed by atoms with E-state index < -0.39 is 0 Å². The number of anilines is 2. The van der Waals surface area contributed by atoms with Crippen LogP contribution in [-0.4, -0.2) is 42.1 Å². The Bertz CT molecular complexity index is 693. The number of thioether (sulfide) groups is 1. The van der Waals surface area contributed by atoms with Crippen molar-refractivity contribution < 1.29 is 14.3 Å². The lowest BCUT2D eigenvalue weighted by Gasteiger charge is -2.13. The van der Waals surface area contributed by atoms with Crippen LogP contribution in [0.3, 0.4) is 0 Å². The minimum absolute atomic E-state index is 0.118. The highest BCUT2D eigenvalue weighted by Gasteiger charge is 2.18. The molecule has 0 fully saturated rings. The van der Waals surface area contributed by atoms with Crippen LogP contribution < -0.4 is 20.1 Å². The number of carbonyl (C=O) groups excluding carboxylic acids is 1. The van der Waals surface area contributed by atoms with Gasteiger partial charge in [-0.05, 0) is 26.0 Å². The van der Waals surface area contributed by atoms with Crippen LogP contribution in [0.1, 0.15) is 13.8 Å². The summed E-state index contributed by atoms with van der Waals surface area (Å²) in [6.45, 7) is 4.61. The Morgan fingerprint density at radius 2 is 2.04 bits per heavy atom. The Morgan fingerprint density at radius 3 is 2.71 bits per heavy atom. The number of nitrogens with zero attached hydrogens (tertiary/aromatic N) is 2. The van der Waals surface area contributed by atoms with E-state index in [1.54, 1.807) is 32.4 Å². The van der Waals surface area contributed by atoms with E-state index in [1.165, 1.54) is 23.1 Å². The van der Waals surface area contributed by atoms with Crippen LogP contribution in [0.25, 0.3) is 0 Å². The molecule has 2 N–H and O–H groups in total. The molecule has 1 aromatic heterocycles. The van der Waals surface area contributed by atoms with Crippen LogP contribution in [0, 0.1) is 0 Å². The standard InChI is InChI=1S/C15H20N4O3S2/c1-5-16-14-18-19-15(24-14)23-9(2)13(20)17-10-6-7-11(21-3)12(8-10)22-4/h6-9H,5H2,1-4H3,(H,16,18)(H,17,20)/t9-/m1/s1. The first-order chi connectivity index (χ1) is 11.6. The predicted octanol–water partition coefficient (Wildman–Crippen LogP) is 3.11. The molecule has 1 aromatic carbocycles. The Labute approximate surface area is 149 Å². The first kappa shape index (κ1) is 18.3. The van der Waals surface area contributed by atoms with Crippen molar-refractivity contribution in [2.24, 2.45) is 0 Å². The number of methoxy groups -OCH3 is 2. The van der Waals surface area contributed by atoms with Gasteiger partial charge in [-0.15, -0.1) is 10.2 Å². The smallest absolute Gasteiger partial charge is 0.237 e. The molecule has 0 bridgehead atoms. The maximum absolute atomic E-state index is 12.3. The lowest BCUT2D eigenvalue weighted by atomic mass is 10.2. The summed E-state index contributed by atoms with van der Waals surface area (Å²) in [6, 6.07) is 5.24. The number of rotatable bonds is 8. The lowest BCUT2D eigenvalue weighted by molar-refractivity contribution is -0.115. The number of hydrogen-bond donors (Lipinski definition) is 2. The lowest BCUT2D eigenvalue weighted by Crippen LogP contribution is -2.22. The quantitative estimate of drug-likeness (QED) is 0.693. The Hall–Kier alpha value is -2.00. The van der Waals surface area contributed by atoms with Crippen molar-refractivity contribution in [2.45, 2.75) is 23.4 Å². The minimum Gasteiger partial charge on any atom is -0.493 e. The summed E-state index contributed by atoms with van der Waals surface area (Å²) in [6.07, 6.45) is 0. The molecule has 1 atom stereocenters. The van der Waals surface area contributed by atoms with E-state index in [0.29, 0.717) is 17.2 Å². The summed E-state index contributed by atoms with van der Waals surface area (Å²) in [7, 11) is 3.12. The van der Waals surface area contributed by atoms with Gasteiger partial charge < -0.3 is 20.1 Å². The Morgan fingerprint density at radius 1 is 1.29 bits per heavy atom. The second kappa shape index (κ2) is 8.74. The molecule has 0 saturated heterocycles. The topological polar surface area (TPSA) is 85.4 Å². The second-order valence-corrected chi connectivity index (χ2v) is 7.29. The van der Waals surface area contributed by atoms with E-state index in [0.717, 1.165) is 16.0 Å². The van der Waals surface area contributed by atoms with E-state index >= 15 is 0 Å². The summed E-state index contributed by atoms with van der Waals surface area (Å²) < 4.78 is 11.2. The molecule has 24 heavy (non-hydrogen) atoms. The molecule has 130 valence electrons. The third kappa shape index (κ3) is 4.75. The number of benzene rings is 1. The van der Waals surface area contributed by atoms with Gasteiger partial charge in [0.25, 0.3) is 0 Å². The van der Waals surface area contributed by atoms with E-state index in [1.807, 2.05) is 13.8 Å². The predicted molar refractivity (Wildman–Crippen MR) is 97.6 cm³/mol. The fraction of sp³-hybridized carbons (Fsp3) is 0.400. The van der Waals surface area contributed by atoms with Gasteiger partial charge in [0.15, 0.2) is 15.8 Å². The third-order valence-electron chi connectivity index (χ3n) is 3.03. The number of aromatic nitrogens is 2. The van der Waals surface area contributed by atoms with Gasteiger partial charge in [0, 0.05) is 18.3 Å². The first-order valence-corrected chi connectivity index (χ1v) is 9.04. The second-order valence-electron chi connectivity index (χ2n) is 4.72. The fourth-order valence-corrected chi connectivity index (χ4v) is 3.81. The van der Waals surface area contributed by atoms with Crippen LogP contribution in [0.5, 0.6) is 11.5 Å². The molecule has 0 saturated carbocycles. The number of hydrogen-bond acceptors (Lipinski definition) is 8. The monoisotopic (exact) mass is 368 g/mol. The first-order valence-electron chi connectivity index (χ1n) is 7.34. The van der Waals surface area contributed by atoms with E-state index in [-0.39, 0.29) is 11.2 Å². The van der Waals surface area contributed by atoms with Gasteiger partial charge in [-0.3, -0.25) is 4.79 Å². The summed E-state index contributed by atoms with van der Waals surface area (Å²) >= 11 is 2.81. The molecule has 0 aliphatic heterocycles. The molecular weight excluding hydrogens is 348 g/mol. The van der Waals surface area contributed by atoms with Gasteiger partial charge >= 0.3 is 0 Å². The SMILES string of the molecule is CCNc1nnc(S[C@H](C)C(=O)Nc2ccc(OC)c(OC)c2)s1. The zero-order valence-electron chi connectivity index (χ0n) is 14.0. The summed E-state index contributed by atoms with van der Waals surface area (Å²) in [5.74, 6) is 1.06. The van der Waals surface area contributed by atoms with Crippen molar-refractivity contribution in [1.82, 2.24) is 10.2 Å². The number of ether oxygens (including phenoxy) is 2. The molecule has 9 heteroatoms. The molecule has 1 heterocycles. The zero-order chi connectivity index (χ0) is 17.5. The van der Waals surface area contributed by atoms with Crippen LogP contribution in [0.15, 0.2) is 22.5 Å². The van der Waals surface area contributed by atoms with Crippen molar-refractivity contribution in [3.8, 4) is 11.5 Å². The summed E-state index contributed by atoms with van der Waals surface area (Å²) in [5, 5.41) is 14.5. The van der Waals surface area contributed by atoms with Gasteiger partial charge in [0.2, 0.25) is 11.0 Å². The zero-order valence-corrected chi connectivity index (χ0v) is 15.6. The van der Waals surface area contributed by atoms with Gasteiger partial charge in [0.05, 0.1) is 19.5 Å². The van der Waals surface area contributed by atoms with Crippen molar-refractivity contribution in [1.29, 1.82) is 0 Å². The fourth-order valence-electron chi connectivity index (χ4n) is 1.84. The molecule has 0 aliphatic carbocycles. The van der Waals surface area contributed by atoms with Crippen LogP contribution in [0.4, 0.5) is 10.8 Å². The number of carbonyl (C=O) groups is 1. The Kier molecular flexibility index (Phi) is 6.68. The number of nitrogens with one attached hydrogen (secondary N) is 2. The minimum atomic E-state index is -0.305. The third-order valence-corrected chi connectivity index (χ3v) is 5.10. The molecule has 7 nitrogen and oxygen atoms in total. The van der Waals surface area contributed by atoms with Crippen molar-refractivity contribution in [3.63, 3.8) is 0 Å². The van der Waals surface area contributed by atoms with Crippen molar-refractivity contribution in [3.05, 3.63) is 18.2 Å². The maximum atomic E-state index is 12.3. The van der Waals surface area contributed by atoms with Crippen LogP contribution in [-0.2, 0) is 4.79 Å². The summed E-state index contributed by atoms with van der Waals surface area (Å²) in [4.78, 5) is 12.3. The van der Waals surface area contributed by atoms with Gasteiger partial charge in [-0.25, -0.2) is 0 Å². The largest absolute Gasteiger partial charge is 0.493 e. The Balaban J connectivity index is 1.97. The van der Waals surface area contributed by atoms with Crippen molar-refractivity contribution >= 4 is 39.8 Å². The van der Waals surface area contributed by atoms with E-state index in [4.69, 9.17) is 9.47 Å². The maximum Gasteiger partial charge on any atom is 0.237 e. The molecule has 0 unspecified atom stereocenters. The van der Waals surface area contributed by atoms with Gasteiger partial charge in [0.1, 0.15) is 0 Å². The van der Waals surface area contributed by atoms with E-state index in [9.17, 15) is 4.79 Å². The van der Waals surface area contributed by atoms with Crippen LogP contribution in [0.2, 0.25) is 0 Å². The summed E-state index contributed by atoms with van der Waals surface area (Å²) in [5.41, 5.74) is 0.649. The average Bonchev–Trinajstić information content (AvgIpc) is 3.02. The molecule has 2 rings (SSSR count). The average molecular weight is 368 g/mol. The molecule has 0 spiro atoms. The highest BCUT2D eigenvalue weighted by atomic mass is 32.2. The highest BCUT2D eigenvalue weighted by Crippen LogP contribution is 2.31. The van der Waals surface area contributed by atoms with Crippen LogP contribution >= 0.6 is 23.1 Å². The van der Waals surface area contributed by atoms with Crippen molar-refractivity contribution in [2.75, 3.05) is 31.4 Å². The van der Waals surface area contributed by atoms with Gasteiger partial charge in [-0.1, -0.05) is 23.1 Å². The molecular formula is C15H20N4O3S2. The number of amides is 1. The van der Waals surface area contributed by atoms with E-state index in [2.05, 4.69) is 20.8 Å². The van der Waals surface area contributed by atoms with Gasteiger partial charge in [-0.2, -0.15) is 0 Å². The molecule has 1 amide bonds. The normalized spacial score (nSPS) is 11.7. The molecule has 0 radical (unpaired) electrons. The molecule has 0 aliphatic rings. The highest BCUT2D eigenvalue weighted by molar-refractivity contribution is 8.02.